The zero-order valence-corrected chi connectivity index (χ0v) is 13.1. The Morgan fingerprint density at radius 3 is 2.62 bits per heavy atom. The summed E-state index contributed by atoms with van der Waals surface area (Å²) in [5.41, 5.74) is 0.954. The maximum atomic E-state index is 12.6. The average molecular weight is 286 g/mol. The highest BCUT2D eigenvalue weighted by Crippen LogP contribution is 2.48. The summed E-state index contributed by atoms with van der Waals surface area (Å²) in [6.07, 6.45) is 3.19. The third-order valence-electron chi connectivity index (χ3n) is 5.11. The van der Waals surface area contributed by atoms with E-state index in [9.17, 15) is 4.79 Å². The molecule has 0 unspecified atom stereocenters. The second-order valence-corrected chi connectivity index (χ2v) is 6.90. The van der Waals surface area contributed by atoms with Crippen molar-refractivity contribution in [2.24, 2.45) is 5.92 Å². The van der Waals surface area contributed by atoms with Crippen molar-refractivity contribution in [2.75, 3.05) is 19.6 Å². The molecule has 1 aliphatic carbocycles. The lowest BCUT2D eigenvalue weighted by atomic mass is 9.95. The number of amides is 1. The Hall–Kier alpha value is -1.35. The van der Waals surface area contributed by atoms with Gasteiger partial charge in [-0.15, -0.1) is 0 Å². The number of hydrogen-bond acceptors (Lipinski definition) is 2. The van der Waals surface area contributed by atoms with Crippen LogP contribution in [0, 0.1) is 5.92 Å². The van der Waals surface area contributed by atoms with Gasteiger partial charge in [-0.25, -0.2) is 0 Å². The van der Waals surface area contributed by atoms with E-state index >= 15 is 0 Å². The molecule has 1 aromatic carbocycles. The van der Waals surface area contributed by atoms with Crippen molar-refractivity contribution in [1.29, 1.82) is 0 Å². The van der Waals surface area contributed by atoms with Crippen molar-refractivity contribution >= 4 is 5.91 Å². The fraction of sp³-hybridized carbons (Fsp3) is 0.611. The SMILES string of the molecule is CC(C)N1CC[C@@H](CNC(=O)C2(c3ccccc3)CC2)C1. The first-order chi connectivity index (χ1) is 10.1. The number of nitrogens with one attached hydrogen (secondary N) is 1. The summed E-state index contributed by atoms with van der Waals surface area (Å²) in [6, 6.07) is 10.9. The highest BCUT2D eigenvalue weighted by atomic mass is 16.2. The topological polar surface area (TPSA) is 32.3 Å². The molecule has 1 aromatic rings. The summed E-state index contributed by atoms with van der Waals surface area (Å²) in [4.78, 5) is 15.1. The number of nitrogens with zero attached hydrogens (tertiary/aromatic N) is 1. The number of likely N-dealkylation sites (tertiary alicyclic amines) is 1. The molecule has 114 valence electrons. The van der Waals surface area contributed by atoms with Crippen LogP contribution in [-0.2, 0) is 10.2 Å². The minimum absolute atomic E-state index is 0.225. The maximum Gasteiger partial charge on any atom is 0.230 e. The molecule has 1 saturated heterocycles. The minimum atomic E-state index is -0.225. The summed E-state index contributed by atoms with van der Waals surface area (Å²) >= 11 is 0. The van der Waals surface area contributed by atoms with Crippen LogP contribution in [0.1, 0.15) is 38.7 Å². The summed E-state index contributed by atoms with van der Waals surface area (Å²) < 4.78 is 0. The van der Waals surface area contributed by atoms with Gasteiger partial charge in [0.25, 0.3) is 0 Å². The molecule has 1 N–H and O–H groups in total. The zero-order valence-electron chi connectivity index (χ0n) is 13.1. The molecule has 2 fully saturated rings. The molecule has 0 aromatic heterocycles. The molecular weight excluding hydrogens is 260 g/mol. The van der Waals surface area contributed by atoms with Gasteiger partial charge in [-0.1, -0.05) is 30.3 Å². The van der Waals surface area contributed by atoms with Gasteiger partial charge in [-0.05, 0) is 51.1 Å². The number of carbonyl (C=O) groups is 1. The van der Waals surface area contributed by atoms with Crippen LogP contribution >= 0.6 is 0 Å². The Morgan fingerprint density at radius 1 is 1.33 bits per heavy atom. The van der Waals surface area contributed by atoms with Crippen LogP contribution in [0.4, 0.5) is 0 Å². The third-order valence-corrected chi connectivity index (χ3v) is 5.11. The van der Waals surface area contributed by atoms with Gasteiger partial charge in [0.15, 0.2) is 0 Å². The van der Waals surface area contributed by atoms with Crippen molar-refractivity contribution in [1.82, 2.24) is 10.2 Å². The Bertz CT molecular complexity index is 493. The van der Waals surface area contributed by atoms with Crippen LogP contribution in [-0.4, -0.2) is 36.5 Å². The molecule has 3 rings (SSSR count). The smallest absolute Gasteiger partial charge is 0.230 e. The first-order valence-corrected chi connectivity index (χ1v) is 8.20. The summed E-state index contributed by atoms with van der Waals surface area (Å²) in [7, 11) is 0. The second-order valence-electron chi connectivity index (χ2n) is 6.90. The monoisotopic (exact) mass is 286 g/mol. The second kappa shape index (κ2) is 5.80. The first-order valence-electron chi connectivity index (χ1n) is 8.20. The lowest BCUT2D eigenvalue weighted by Crippen LogP contribution is -2.38. The zero-order chi connectivity index (χ0) is 14.9. The van der Waals surface area contributed by atoms with Gasteiger partial charge in [0.1, 0.15) is 0 Å². The van der Waals surface area contributed by atoms with Crippen molar-refractivity contribution < 1.29 is 4.79 Å². The Kier molecular flexibility index (Phi) is 4.03. The van der Waals surface area contributed by atoms with Crippen LogP contribution in [0.15, 0.2) is 30.3 Å². The molecule has 2 aliphatic rings. The Morgan fingerprint density at radius 2 is 2.05 bits per heavy atom. The van der Waals surface area contributed by atoms with E-state index in [1.54, 1.807) is 0 Å². The Labute approximate surface area is 127 Å². The van der Waals surface area contributed by atoms with Crippen molar-refractivity contribution in [3.8, 4) is 0 Å². The van der Waals surface area contributed by atoms with Crippen LogP contribution in [0.3, 0.4) is 0 Å². The van der Waals surface area contributed by atoms with E-state index in [1.807, 2.05) is 18.2 Å². The van der Waals surface area contributed by atoms with Crippen molar-refractivity contribution in [3.63, 3.8) is 0 Å². The van der Waals surface area contributed by atoms with E-state index in [1.165, 1.54) is 18.5 Å². The van der Waals surface area contributed by atoms with Crippen LogP contribution in [0.25, 0.3) is 0 Å². The van der Waals surface area contributed by atoms with E-state index in [0.29, 0.717) is 12.0 Å². The summed E-state index contributed by atoms with van der Waals surface area (Å²) in [5, 5.41) is 3.22. The molecule has 1 heterocycles. The van der Waals surface area contributed by atoms with Gasteiger partial charge in [0.05, 0.1) is 5.41 Å². The maximum absolute atomic E-state index is 12.6. The minimum Gasteiger partial charge on any atom is -0.355 e. The van der Waals surface area contributed by atoms with E-state index in [0.717, 1.165) is 25.9 Å². The summed E-state index contributed by atoms with van der Waals surface area (Å²) in [5.74, 6) is 0.847. The number of rotatable bonds is 5. The van der Waals surface area contributed by atoms with E-state index in [-0.39, 0.29) is 11.3 Å². The molecule has 3 nitrogen and oxygen atoms in total. The van der Waals surface area contributed by atoms with Crippen LogP contribution in [0.2, 0.25) is 0 Å². The fourth-order valence-corrected chi connectivity index (χ4v) is 3.43. The molecule has 1 atom stereocenters. The normalized spacial score (nSPS) is 24.2. The number of hydrogen-bond donors (Lipinski definition) is 1. The predicted octanol–water partition coefficient (Wildman–Crippen LogP) is 2.56. The van der Waals surface area contributed by atoms with E-state index in [2.05, 4.69) is 36.2 Å². The largest absolute Gasteiger partial charge is 0.355 e. The average Bonchev–Trinajstić information content (AvgIpc) is 3.17. The van der Waals surface area contributed by atoms with Gasteiger partial charge in [0.2, 0.25) is 5.91 Å². The lowest BCUT2D eigenvalue weighted by molar-refractivity contribution is -0.123. The van der Waals surface area contributed by atoms with Crippen LogP contribution in [0.5, 0.6) is 0 Å². The lowest BCUT2D eigenvalue weighted by Gasteiger charge is -2.21. The van der Waals surface area contributed by atoms with Crippen molar-refractivity contribution in [3.05, 3.63) is 35.9 Å². The van der Waals surface area contributed by atoms with Gasteiger partial charge >= 0.3 is 0 Å². The molecule has 0 bridgehead atoms. The molecule has 1 aliphatic heterocycles. The van der Waals surface area contributed by atoms with Gasteiger partial charge in [0, 0.05) is 19.1 Å². The standard InChI is InChI=1S/C18H26N2O/c1-14(2)20-11-8-15(13-20)12-19-17(21)18(9-10-18)16-6-4-3-5-7-16/h3-7,14-15H,8-13H2,1-2H3,(H,19,21)/t15-/m0/s1. The first kappa shape index (κ1) is 14.6. The molecule has 1 amide bonds. The van der Waals surface area contributed by atoms with Gasteiger partial charge < -0.3 is 10.2 Å². The highest BCUT2D eigenvalue weighted by molar-refractivity contribution is 5.91. The number of benzene rings is 1. The summed E-state index contributed by atoms with van der Waals surface area (Å²) in [6.45, 7) is 7.61. The molecule has 3 heteroatoms. The number of carbonyl (C=O) groups excluding carboxylic acids is 1. The molecule has 21 heavy (non-hydrogen) atoms. The van der Waals surface area contributed by atoms with Crippen molar-refractivity contribution in [2.45, 2.75) is 44.6 Å². The third kappa shape index (κ3) is 2.98. The van der Waals surface area contributed by atoms with Gasteiger partial charge in [-0.3, -0.25) is 4.79 Å². The van der Waals surface area contributed by atoms with Gasteiger partial charge in [-0.2, -0.15) is 0 Å². The fourth-order valence-electron chi connectivity index (χ4n) is 3.43. The quantitative estimate of drug-likeness (QED) is 0.902. The molecular formula is C18H26N2O. The van der Waals surface area contributed by atoms with E-state index < -0.39 is 0 Å². The highest BCUT2D eigenvalue weighted by Gasteiger charge is 2.51. The Balaban J connectivity index is 1.54. The van der Waals surface area contributed by atoms with E-state index in [4.69, 9.17) is 0 Å². The molecule has 0 spiro atoms. The van der Waals surface area contributed by atoms with Crippen LogP contribution < -0.4 is 5.32 Å². The predicted molar refractivity (Wildman–Crippen MR) is 85.2 cm³/mol. The molecule has 1 saturated carbocycles. The molecule has 0 radical (unpaired) electrons.